The lowest BCUT2D eigenvalue weighted by Gasteiger charge is -2.40. The Bertz CT molecular complexity index is 413. The van der Waals surface area contributed by atoms with Gasteiger partial charge in [-0.1, -0.05) is 6.92 Å². The van der Waals surface area contributed by atoms with Crippen LogP contribution >= 0.6 is 0 Å². The summed E-state index contributed by atoms with van der Waals surface area (Å²) >= 11 is 0. The van der Waals surface area contributed by atoms with Crippen LogP contribution in [0.1, 0.15) is 13.3 Å². The zero-order chi connectivity index (χ0) is 13.3. The highest BCUT2D eigenvalue weighted by Crippen LogP contribution is 2.28. The molecule has 5 heteroatoms. The highest BCUT2D eigenvalue weighted by molar-refractivity contribution is 5.56. The van der Waals surface area contributed by atoms with Gasteiger partial charge in [-0.2, -0.15) is 0 Å². The van der Waals surface area contributed by atoms with Crippen LogP contribution in [0.25, 0.3) is 0 Å². The second-order valence-corrected chi connectivity index (χ2v) is 4.82. The molecule has 0 amide bonds. The smallest absolute Gasteiger partial charge is 0.151 e. The molecule has 0 aliphatic carbocycles. The van der Waals surface area contributed by atoms with Crippen LogP contribution in [0, 0.1) is 11.6 Å². The second-order valence-electron chi connectivity index (χ2n) is 4.82. The zero-order valence-electron chi connectivity index (χ0n) is 10.8. The first kappa shape index (κ1) is 13.1. The number of nitrogens with two attached hydrogens (primary N) is 1. The average Bonchev–Trinajstić information content (AvgIpc) is 2.30. The topological polar surface area (TPSA) is 32.5 Å². The molecule has 1 aromatic carbocycles. The first-order valence-electron chi connectivity index (χ1n) is 6.22. The SMILES string of the molecule is CCC1CN(c2c(F)cc(N)cc2F)CCN1C. The Morgan fingerprint density at radius 3 is 2.44 bits per heavy atom. The van der Waals surface area contributed by atoms with Gasteiger partial charge in [-0.15, -0.1) is 0 Å². The van der Waals surface area contributed by atoms with Crippen LogP contribution in [-0.2, 0) is 0 Å². The largest absolute Gasteiger partial charge is 0.399 e. The predicted molar refractivity (Wildman–Crippen MR) is 69.7 cm³/mol. The molecule has 1 aromatic rings. The fourth-order valence-corrected chi connectivity index (χ4v) is 2.48. The van der Waals surface area contributed by atoms with Crippen molar-refractivity contribution in [3.63, 3.8) is 0 Å². The number of hydrogen-bond donors (Lipinski definition) is 1. The van der Waals surface area contributed by atoms with Gasteiger partial charge >= 0.3 is 0 Å². The van der Waals surface area contributed by atoms with E-state index in [2.05, 4.69) is 11.8 Å². The molecule has 0 radical (unpaired) electrons. The van der Waals surface area contributed by atoms with Crippen molar-refractivity contribution in [1.82, 2.24) is 4.90 Å². The molecule has 0 spiro atoms. The maximum atomic E-state index is 13.8. The number of anilines is 2. The maximum absolute atomic E-state index is 13.8. The molecule has 0 saturated carbocycles. The van der Waals surface area contributed by atoms with Crippen LogP contribution in [0.5, 0.6) is 0 Å². The van der Waals surface area contributed by atoms with E-state index in [1.54, 1.807) is 4.90 Å². The number of halogens is 2. The van der Waals surface area contributed by atoms with Crippen LogP contribution in [0.4, 0.5) is 20.2 Å². The minimum Gasteiger partial charge on any atom is -0.399 e. The Morgan fingerprint density at radius 2 is 1.89 bits per heavy atom. The Labute approximate surface area is 106 Å². The van der Waals surface area contributed by atoms with E-state index >= 15 is 0 Å². The molecule has 2 rings (SSSR count). The van der Waals surface area contributed by atoms with Crippen LogP contribution in [0.15, 0.2) is 12.1 Å². The van der Waals surface area contributed by atoms with E-state index in [9.17, 15) is 8.78 Å². The minimum atomic E-state index is -0.577. The highest BCUT2D eigenvalue weighted by Gasteiger charge is 2.26. The van der Waals surface area contributed by atoms with Crippen molar-refractivity contribution in [3.8, 4) is 0 Å². The van der Waals surface area contributed by atoms with Crippen molar-refractivity contribution in [3.05, 3.63) is 23.8 Å². The number of nitrogens with zero attached hydrogens (tertiary/aromatic N) is 2. The minimum absolute atomic E-state index is 0.0516. The Balaban J connectivity index is 2.27. The summed E-state index contributed by atoms with van der Waals surface area (Å²) in [5.41, 5.74) is 5.60. The predicted octanol–water partition coefficient (Wildman–Crippen LogP) is 2.08. The van der Waals surface area contributed by atoms with Gasteiger partial charge in [0.2, 0.25) is 0 Å². The quantitative estimate of drug-likeness (QED) is 0.821. The summed E-state index contributed by atoms with van der Waals surface area (Å²) in [7, 11) is 2.04. The van der Waals surface area contributed by atoms with Crippen LogP contribution in [0.3, 0.4) is 0 Å². The average molecular weight is 255 g/mol. The molecule has 1 unspecified atom stereocenters. The molecule has 0 bridgehead atoms. The summed E-state index contributed by atoms with van der Waals surface area (Å²) in [5.74, 6) is -1.15. The third-order valence-electron chi connectivity index (χ3n) is 3.60. The van der Waals surface area contributed by atoms with Gasteiger partial charge in [0, 0.05) is 31.4 Å². The maximum Gasteiger partial charge on any atom is 0.151 e. The van der Waals surface area contributed by atoms with Crippen molar-refractivity contribution in [2.75, 3.05) is 37.3 Å². The van der Waals surface area contributed by atoms with E-state index in [0.29, 0.717) is 19.1 Å². The molecule has 1 saturated heterocycles. The number of rotatable bonds is 2. The molecule has 18 heavy (non-hydrogen) atoms. The lowest BCUT2D eigenvalue weighted by Crippen LogP contribution is -2.51. The molecule has 1 aliphatic heterocycles. The number of nitrogen functional groups attached to an aromatic ring is 1. The number of piperazine rings is 1. The number of benzene rings is 1. The van der Waals surface area contributed by atoms with E-state index in [-0.39, 0.29) is 11.4 Å². The van der Waals surface area contributed by atoms with E-state index in [0.717, 1.165) is 13.0 Å². The molecule has 1 aliphatic rings. The molecular weight excluding hydrogens is 236 g/mol. The lowest BCUT2D eigenvalue weighted by molar-refractivity contribution is 0.212. The van der Waals surface area contributed by atoms with E-state index in [1.165, 1.54) is 12.1 Å². The van der Waals surface area contributed by atoms with Crippen molar-refractivity contribution in [2.45, 2.75) is 19.4 Å². The van der Waals surface area contributed by atoms with E-state index in [1.807, 2.05) is 7.05 Å². The zero-order valence-corrected chi connectivity index (χ0v) is 10.8. The molecule has 0 aromatic heterocycles. The summed E-state index contributed by atoms with van der Waals surface area (Å²) in [6.45, 7) is 4.16. The van der Waals surface area contributed by atoms with Gasteiger partial charge in [-0.3, -0.25) is 4.90 Å². The van der Waals surface area contributed by atoms with Gasteiger partial charge in [0.1, 0.15) is 5.69 Å². The Hall–Kier alpha value is -1.36. The summed E-state index contributed by atoms with van der Waals surface area (Å²) in [4.78, 5) is 4.00. The molecule has 100 valence electrons. The Morgan fingerprint density at radius 1 is 1.28 bits per heavy atom. The molecule has 1 fully saturated rings. The van der Waals surface area contributed by atoms with E-state index < -0.39 is 11.6 Å². The fraction of sp³-hybridized carbons (Fsp3) is 0.538. The van der Waals surface area contributed by atoms with Crippen LogP contribution in [0.2, 0.25) is 0 Å². The van der Waals surface area contributed by atoms with Crippen molar-refractivity contribution in [1.29, 1.82) is 0 Å². The summed E-state index contributed by atoms with van der Waals surface area (Å²) in [6.07, 6.45) is 0.964. The molecule has 2 N–H and O–H groups in total. The normalized spacial score (nSPS) is 21.3. The molecule has 3 nitrogen and oxygen atoms in total. The molecule has 1 heterocycles. The van der Waals surface area contributed by atoms with Gasteiger partial charge in [-0.25, -0.2) is 8.78 Å². The van der Waals surface area contributed by atoms with Gasteiger partial charge < -0.3 is 10.6 Å². The number of hydrogen-bond acceptors (Lipinski definition) is 3. The van der Waals surface area contributed by atoms with Gasteiger partial charge in [0.15, 0.2) is 11.6 Å². The third-order valence-corrected chi connectivity index (χ3v) is 3.60. The first-order chi connectivity index (χ1) is 8.52. The summed E-state index contributed by atoms with van der Waals surface area (Å²) in [5, 5.41) is 0. The van der Waals surface area contributed by atoms with Crippen LogP contribution in [-0.4, -0.2) is 37.6 Å². The number of likely N-dealkylation sites (N-methyl/N-ethyl adjacent to an activating group) is 1. The van der Waals surface area contributed by atoms with Gasteiger partial charge in [-0.05, 0) is 25.6 Å². The third kappa shape index (κ3) is 2.41. The Kier molecular flexibility index (Phi) is 3.71. The van der Waals surface area contributed by atoms with Gasteiger partial charge in [0.25, 0.3) is 0 Å². The first-order valence-corrected chi connectivity index (χ1v) is 6.22. The van der Waals surface area contributed by atoms with Crippen molar-refractivity contribution < 1.29 is 8.78 Å². The lowest BCUT2D eigenvalue weighted by atomic mass is 10.1. The van der Waals surface area contributed by atoms with E-state index in [4.69, 9.17) is 5.73 Å². The molecular formula is C13H19F2N3. The summed E-state index contributed by atoms with van der Waals surface area (Å²) in [6, 6.07) is 2.69. The fourth-order valence-electron chi connectivity index (χ4n) is 2.48. The second kappa shape index (κ2) is 5.10. The molecule has 1 atom stereocenters. The summed E-state index contributed by atoms with van der Waals surface area (Å²) < 4.78 is 27.7. The van der Waals surface area contributed by atoms with Gasteiger partial charge in [0.05, 0.1) is 0 Å². The van der Waals surface area contributed by atoms with Crippen molar-refractivity contribution >= 4 is 11.4 Å². The highest BCUT2D eigenvalue weighted by atomic mass is 19.1. The standard InChI is InChI=1S/C13H19F2N3/c1-3-10-8-18(5-4-17(10)2)13-11(14)6-9(16)7-12(13)15/h6-7,10H,3-5,8,16H2,1-2H3. The van der Waals surface area contributed by atoms with Crippen molar-refractivity contribution in [2.24, 2.45) is 0 Å². The monoisotopic (exact) mass is 255 g/mol. The van der Waals surface area contributed by atoms with Crippen LogP contribution < -0.4 is 10.6 Å².